The number of aromatic nitrogens is 2. The van der Waals surface area contributed by atoms with Crippen molar-refractivity contribution in [1.29, 1.82) is 0 Å². The third-order valence-corrected chi connectivity index (χ3v) is 2.27. The van der Waals surface area contributed by atoms with E-state index in [1.807, 2.05) is 0 Å². The summed E-state index contributed by atoms with van der Waals surface area (Å²) in [5.41, 5.74) is 2.04. The van der Waals surface area contributed by atoms with Crippen LogP contribution in [0.1, 0.15) is 5.69 Å². The lowest BCUT2D eigenvalue weighted by molar-refractivity contribution is -0.385. The molecule has 2 aromatic rings. The number of hydrogen-bond acceptors (Lipinski definition) is 4. The molecule has 0 aliphatic rings. The Morgan fingerprint density at radius 1 is 1.25 bits per heavy atom. The largest absolute Gasteiger partial charge is 0.291 e. The van der Waals surface area contributed by atoms with Crippen molar-refractivity contribution in [3.05, 3.63) is 52.6 Å². The number of hydrogen-bond donors (Lipinski definition) is 0. The maximum atomic E-state index is 10.8. The molecule has 0 unspecified atom stereocenters. The van der Waals surface area contributed by atoms with Crippen molar-refractivity contribution < 1.29 is 4.92 Å². The van der Waals surface area contributed by atoms with E-state index in [0.717, 1.165) is 11.1 Å². The minimum Gasteiger partial charge on any atom is -0.265 e. The highest BCUT2D eigenvalue weighted by atomic mass is 16.6. The fourth-order valence-corrected chi connectivity index (χ4v) is 1.41. The van der Waals surface area contributed by atoms with Crippen LogP contribution < -0.4 is 0 Å². The average molecular weight is 215 g/mol. The second-order valence-electron chi connectivity index (χ2n) is 3.32. The Labute approximate surface area is 91.9 Å². The lowest BCUT2D eigenvalue weighted by Crippen LogP contribution is -1.94. The number of nitro groups is 1. The minimum atomic E-state index is -0.424. The maximum Gasteiger partial charge on any atom is 0.291 e. The molecule has 5 heteroatoms. The van der Waals surface area contributed by atoms with Gasteiger partial charge in [-0.25, -0.2) is 0 Å². The lowest BCUT2D eigenvalue weighted by Gasteiger charge is -2.01. The summed E-state index contributed by atoms with van der Waals surface area (Å²) >= 11 is 0. The van der Waals surface area contributed by atoms with Crippen LogP contribution >= 0.6 is 0 Å². The van der Waals surface area contributed by atoms with E-state index in [1.54, 1.807) is 37.6 Å². The van der Waals surface area contributed by atoms with E-state index in [0.29, 0.717) is 5.69 Å². The van der Waals surface area contributed by atoms with Crippen LogP contribution in [0.15, 0.2) is 36.8 Å². The number of pyridine rings is 2. The third kappa shape index (κ3) is 1.88. The smallest absolute Gasteiger partial charge is 0.265 e. The van der Waals surface area contributed by atoms with Gasteiger partial charge in [-0.1, -0.05) is 0 Å². The molecule has 0 aromatic carbocycles. The SMILES string of the molecule is Cc1ncc(-c2ccncc2)cc1[N+](=O)[O-]. The number of aryl methyl sites for hydroxylation is 1. The molecule has 0 aliphatic heterocycles. The molecule has 2 rings (SSSR count). The van der Waals surface area contributed by atoms with E-state index in [9.17, 15) is 10.1 Å². The Balaban J connectivity index is 2.52. The van der Waals surface area contributed by atoms with Crippen LogP contribution in [0.4, 0.5) is 5.69 Å². The van der Waals surface area contributed by atoms with E-state index >= 15 is 0 Å². The quantitative estimate of drug-likeness (QED) is 0.569. The van der Waals surface area contributed by atoms with Crippen LogP contribution in [0.2, 0.25) is 0 Å². The van der Waals surface area contributed by atoms with Crippen molar-refractivity contribution in [2.75, 3.05) is 0 Å². The first-order valence-electron chi connectivity index (χ1n) is 4.70. The first-order chi connectivity index (χ1) is 7.68. The van der Waals surface area contributed by atoms with Gasteiger partial charge in [0, 0.05) is 30.2 Å². The van der Waals surface area contributed by atoms with Gasteiger partial charge in [-0.05, 0) is 24.6 Å². The van der Waals surface area contributed by atoms with Crippen molar-refractivity contribution in [2.45, 2.75) is 6.92 Å². The molecule has 16 heavy (non-hydrogen) atoms. The van der Waals surface area contributed by atoms with Gasteiger partial charge in [0.05, 0.1) is 4.92 Å². The zero-order valence-corrected chi connectivity index (χ0v) is 8.62. The number of nitrogens with zero attached hydrogens (tertiary/aromatic N) is 3. The highest BCUT2D eigenvalue weighted by Gasteiger charge is 2.12. The van der Waals surface area contributed by atoms with Crippen molar-refractivity contribution in [1.82, 2.24) is 9.97 Å². The maximum absolute atomic E-state index is 10.8. The first kappa shape index (κ1) is 10.2. The van der Waals surface area contributed by atoms with Gasteiger partial charge in [0.15, 0.2) is 0 Å². The summed E-state index contributed by atoms with van der Waals surface area (Å²) in [6, 6.07) is 5.10. The van der Waals surface area contributed by atoms with Crippen LogP contribution in [-0.2, 0) is 0 Å². The average Bonchev–Trinajstić information content (AvgIpc) is 2.30. The van der Waals surface area contributed by atoms with Gasteiger partial charge in [-0.15, -0.1) is 0 Å². The molecule has 0 saturated carbocycles. The van der Waals surface area contributed by atoms with Crippen LogP contribution in [0, 0.1) is 17.0 Å². The highest BCUT2D eigenvalue weighted by Crippen LogP contribution is 2.24. The second-order valence-corrected chi connectivity index (χ2v) is 3.32. The Morgan fingerprint density at radius 2 is 1.94 bits per heavy atom. The molecule has 80 valence electrons. The highest BCUT2D eigenvalue weighted by molar-refractivity contribution is 5.64. The summed E-state index contributed by atoms with van der Waals surface area (Å²) in [6.45, 7) is 1.62. The first-order valence-corrected chi connectivity index (χ1v) is 4.70. The van der Waals surface area contributed by atoms with Gasteiger partial charge in [0.1, 0.15) is 5.69 Å². The van der Waals surface area contributed by atoms with Gasteiger partial charge in [0.25, 0.3) is 5.69 Å². The van der Waals surface area contributed by atoms with E-state index < -0.39 is 4.92 Å². The standard InChI is InChI=1S/C11H9N3O2/c1-8-11(14(15)16)6-10(7-13-8)9-2-4-12-5-3-9/h2-7H,1H3. The summed E-state index contributed by atoms with van der Waals surface area (Å²) in [4.78, 5) is 18.2. The molecule has 5 nitrogen and oxygen atoms in total. The van der Waals surface area contributed by atoms with E-state index in [2.05, 4.69) is 9.97 Å². The predicted octanol–water partition coefficient (Wildman–Crippen LogP) is 2.36. The van der Waals surface area contributed by atoms with Crippen molar-refractivity contribution >= 4 is 5.69 Å². The Hall–Kier alpha value is -2.30. The van der Waals surface area contributed by atoms with Gasteiger partial charge < -0.3 is 0 Å². The molecule has 2 aromatic heterocycles. The van der Waals surface area contributed by atoms with Crippen molar-refractivity contribution in [2.24, 2.45) is 0 Å². The molecular formula is C11H9N3O2. The molecule has 0 saturated heterocycles. The van der Waals surface area contributed by atoms with Crippen molar-refractivity contribution in [3.8, 4) is 11.1 Å². The normalized spacial score (nSPS) is 10.1. The van der Waals surface area contributed by atoms with Crippen LogP contribution in [0.5, 0.6) is 0 Å². The summed E-state index contributed by atoms with van der Waals surface area (Å²) in [6.07, 6.45) is 4.90. The van der Waals surface area contributed by atoms with E-state index in [-0.39, 0.29) is 5.69 Å². The molecule has 2 heterocycles. The minimum absolute atomic E-state index is 0.0364. The van der Waals surface area contributed by atoms with Gasteiger partial charge in [-0.2, -0.15) is 0 Å². The summed E-state index contributed by atoms with van der Waals surface area (Å²) in [5, 5.41) is 10.8. The Kier molecular flexibility index (Phi) is 2.59. The van der Waals surface area contributed by atoms with Gasteiger partial charge in [-0.3, -0.25) is 20.1 Å². The predicted molar refractivity (Wildman–Crippen MR) is 58.9 cm³/mol. The number of rotatable bonds is 2. The Morgan fingerprint density at radius 3 is 2.56 bits per heavy atom. The summed E-state index contributed by atoms with van der Waals surface area (Å²) in [5.74, 6) is 0. The lowest BCUT2D eigenvalue weighted by atomic mass is 10.1. The Bertz CT molecular complexity index is 526. The molecular weight excluding hydrogens is 206 g/mol. The molecule has 0 fully saturated rings. The van der Waals surface area contributed by atoms with Gasteiger partial charge in [0.2, 0.25) is 0 Å². The monoisotopic (exact) mass is 215 g/mol. The topological polar surface area (TPSA) is 68.9 Å². The van der Waals surface area contributed by atoms with E-state index in [4.69, 9.17) is 0 Å². The fourth-order valence-electron chi connectivity index (χ4n) is 1.41. The van der Waals surface area contributed by atoms with Crippen LogP contribution in [0.3, 0.4) is 0 Å². The van der Waals surface area contributed by atoms with Crippen LogP contribution in [-0.4, -0.2) is 14.9 Å². The molecule has 0 aliphatic carbocycles. The molecule has 0 N–H and O–H groups in total. The zero-order chi connectivity index (χ0) is 11.5. The summed E-state index contributed by atoms with van der Waals surface area (Å²) in [7, 11) is 0. The fraction of sp³-hybridized carbons (Fsp3) is 0.0909. The molecule has 0 atom stereocenters. The molecule has 0 spiro atoms. The molecule has 0 radical (unpaired) electrons. The molecule has 0 amide bonds. The van der Waals surface area contributed by atoms with E-state index in [1.165, 1.54) is 6.07 Å². The molecule has 0 bridgehead atoms. The third-order valence-electron chi connectivity index (χ3n) is 2.27. The summed E-state index contributed by atoms with van der Waals surface area (Å²) < 4.78 is 0. The zero-order valence-electron chi connectivity index (χ0n) is 8.62. The second kappa shape index (κ2) is 4.06. The van der Waals surface area contributed by atoms with Crippen LogP contribution in [0.25, 0.3) is 11.1 Å². The van der Waals surface area contributed by atoms with Gasteiger partial charge >= 0.3 is 0 Å². The van der Waals surface area contributed by atoms with Crippen molar-refractivity contribution in [3.63, 3.8) is 0 Å².